The number of aryl methyl sites for hydroxylation is 1. The smallest absolute Gasteiger partial charge is 0.265 e. The van der Waals surface area contributed by atoms with Gasteiger partial charge in [-0.15, -0.1) is 22.7 Å². The van der Waals surface area contributed by atoms with Gasteiger partial charge in [0.15, 0.2) is 0 Å². The fourth-order valence-corrected chi connectivity index (χ4v) is 4.17. The number of aromatic nitrogens is 1. The number of carbonyl (C=O) groups excluding carboxylic acids is 1. The van der Waals surface area contributed by atoms with Crippen LogP contribution in [-0.4, -0.2) is 28.9 Å². The summed E-state index contributed by atoms with van der Waals surface area (Å²) in [7, 11) is 0. The van der Waals surface area contributed by atoms with Crippen molar-refractivity contribution in [3.8, 4) is 9.88 Å². The maximum atomic E-state index is 12.5. The van der Waals surface area contributed by atoms with Gasteiger partial charge in [-0.25, -0.2) is 4.98 Å². The number of hydrogen-bond acceptors (Lipinski definition) is 4. The molecule has 0 bridgehead atoms. The largest absolute Gasteiger partial charge is 0.338 e. The second-order valence-electron chi connectivity index (χ2n) is 4.76. The molecular weight excluding hydrogens is 276 g/mol. The molecule has 3 nitrogen and oxygen atoms in total. The van der Waals surface area contributed by atoms with Crippen LogP contribution in [0.1, 0.15) is 34.6 Å². The van der Waals surface area contributed by atoms with E-state index in [1.54, 1.807) is 11.3 Å². The van der Waals surface area contributed by atoms with E-state index in [9.17, 15) is 4.79 Å². The highest BCUT2D eigenvalue weighted by atomic mass is 32.1. The number of piperidine rings is 1. The second kappa shape index (κ2) is 5.43. The Morgan fingerprint density at radius 2 is 2.11 bits per heavy atom. The van der Waals surface area contributed by atoms with Crippen LogP contribution in [0.5, 0.6) is 0 Å². The molecule has 100 valence electrons. The van der Waals surface area contributed by atoms with E-state index in [0.29, 0.717) is 0 Å². The predicted octanol–water partition coefficient (Wildman–Crippen LogP) is 3.81. The summed E-state index contributed by atoms with van der Waals surface area (Å²) in [5, 5.41) is 3.01. The summed E-state index contributed by atoms with van der Waals surface area (Å²) in [5.74, 6) is 0.164. The number of hydrogen-bond donors (Lipinski definition) is 0. The molecule has 3 heterocycles. The average molecular weight is 292 g/mol. The molecule has 3 rings (SSSR count). The highest BCUT2D eigenvalue weighted by molar-refractivity contribution is 7.22. The number of likely N-dealkylation sites (tertiary alicyclic amines) is 1. The van der Waals surface area contributed by atoms with Gasteiger partial charge >= 0.3 is 0 Å². The zero-order chi connectivity index (χ0) is 13.2. The molecule has 5 heteroatoms. The van der Waals surface area contributed by atoms with Crippen LogP contribution in [0.25, 0.3) is 9.88 Å². The fraction of sp³-hybridized carbons (Fsp3) is 0.429. The Labute approximate surface area is 120 Å². The molecule has 0 spiro atoms. The Morgan fingerprint density at radius 3 is 2.79 bits per heavy atom. The number of thiazole rings is 1. The number of rotatable bonds is 2. The minimum atomic E-state index is 0.164. The first-order valence-corrected chi connectivity index (χ1v) is 8.26. The topological polar surface area (TPSA) is 33.2 Å². The second-order valence-corrected chi connectivity index (χ2v) is 6.71. The highest BCUT2D eigenvalue weighted by Crippen LogP contribution is 2.32. The van der Waals surface area contributed by atoms with E-state index in [2.05, 4.69) is 11.1 Å². The maximum absolute atomic E-state index is 12.5. The molecule has 1 aliphatic rings. The summed E-state index contributed by atoms with van der Waals surface area (Å²) in [6, 6.07) is 4.07. The van der Waals surface area contributed by atoms with E-state index in [-0.39, 0.29) is 5.91 Å². The Hall–Kier alpha value is -1.20. The van der Waals surface area contributed by atoms with Crippen molar-refractivity contribution in [3.05, 3.63) is 28.1 Å². The third kappa shape index (κ3) is 2.58. The van der Waals surface area contributed by atoms with Gasteiger partial charge in [0, 0.05) is 13.1 Å². The number of amides is 1. The zero-order valence-corrected chi connectivity index (χ0v) is 12.5. The summed E-state index contributed by atoms with van der Waals surface area (Å²) in [5.41, 5.74) is 0.865. The Morgan fingerprint density at radius 1 is 1.32 bits per heavy atom. The van der Waals surface area contributed by atoms with Crippen LogP contribution in [-0.2, 0) is 0 Å². The predicted molar refractivity (Wildman–Crippen MR) is 79.9 cm³/mol. The van der Waals surface area contributed by atoms with E-state index in [1.807, 2.05) is 23.3 Å². The van der Waals surface area contributed by atoms with E-state index in [4.69, 9.17) is 0 Å². The summed E-state index contributed by atoms with van der Waals surface area (Å²) in [6.45, 7) is 3.72. The van der Waals surface area contributed by atoms with Crippen LogP contribution in [0.15, 0.2) is 17.5 Å². The van der Waals surface area contributed by atoms with Crippen molar-refractivity contribution in [2.45, 2.75) is 26.2 Å². The van der Waals surface area contributed by atoms with Gasteiger partial charge in [0.05, 0.1) is 10.6 Å². The minimum Gasteiger partial charge on any atom is -0.338 e. The first kappa shape index (κ1) is 12.8. The van der Waals surface area contributed by atoms with Crippen molar-refractivity contribution >= 4 is 28.6 Å². The average Bonchev–Trinajstić information content (AvgIpc) is 3.08. The molecule has 0 unspecified atom stereocenters. The number of thiophene rings is 1. The first-order valence-electron chi connectivity index (χ1n) is 6.56. The molecule has 0 aromatic carbocycles. The van der Waals surface area contributed by atoms with Crippen LogP contribution in [0.4, 0.5) is 0 Å². The lowest BCUT2D eigenvalue weighted by atomic mass is 10.1. The summed E-state index contributed by atoms with van der Waals surface area (Å²) < 4.78 is 0. The van der Waals surface area contributed by atoms with Crippen molar-refractivity contribution in [1.82, 2.24) is 9.88 Å². The lowest BCUT2D eigenvalue weighted by Crippen LogP contribution is -2.35. The number of carbonyl (C=O) groups is 1. The van der Waals surface area contributed by atoms with Crippen molar-refractivity contribution < 1.29 is 4.79 Å². The standard InChI is InChI=1S/C14H16N2OS2/c1-10-12(14(17)16-7-3-2-4-8-16)19-13(15-10)11-6-5-9-18-11/h5-6,9H,2-4,7-8H2,1H3. The molecule has 0 radical (unpaired) electrons. The molecule has 0 aliphatic carbocycles. The van der Waals surface area contributed by atoms with E-state index in [0.717, 1.165) is 46.4 Å². The molecule has 1 amide bonds. The molecule has 0 N–H and O–H groups in total. The molecule has 0 atom stereocenters. The van der Waals surface area contributed by atoms with Crippen molar-refractivity contribution in [2.24, 2.45) is 0 Å². The van der Waals surface area contributed by atoms with E-state index >= 15 is 0 Å². The van der Waals surface area contributed by atoms with Crippen LogP contribution >= 0.6 is 22.7 Å². The number of nitrogens with zero attached hydrogens (tertiary/aromatic N) is 2. The summed E-state index contributed by atoms with van der Waals surface area (Å²) in [4.78, 5) is 21.0. The quantitative estimate of drug-likeness (QED) is 0.843. The molecule has 0 saturated carbocycles. The van der Waals surface area contributed by atoms with E-state index in [1.165, 1.54) is 17.8 Å². The fourth-order valence-electron chi connectivity index (χ4n) is 2.34. The van der Waals surface area contributed by atoms with Gasteiger partial charge in [0.1, 0.15) is 9.88 Å². The molecule has 2 aromatic heterocycles. The highest BCUT2D eigenvalue weighted by Gasteiger charge is 2.23. The van der Waals surface area contributed by atoms with Crippen molar-refractivity contribution in [3.63, 3.8) is 0 Å². The monoisotopic (exact) mass is 292 g/mol. The lowest BCUT2D eigenvalue weighted by molar-refractivity contribution is 0.0728. The van der Waals surface area contributed by atoms with Crippen molar-refractivity contribution in [1.29, 1.82) is 0 Å². The molecule has 1 fully saturated rings. The summed E-state index contributed by atoms with van der Waals surface area (Å²) >= 11 is 3.20. The van der Waals surface area contributed by atoms with Gasteiger partial charge in [-0.2, -0.15) is 0 Å². The Kier molecular flexibility index (Phi) is 3.66. The van der Waals surface area contributed by atoms with Gasteiger partial charge in [0.25, 0.3) is 5.91 Å². The van der Waals surface area contributed by atoms with Gasteiger partial charge in [-0.3, -0.25) is 4.79 Å². The van der Waals surface area contributed by atoms with Gasteiger partial charge in [-0.05, 0) is 37.6 Å². The van der Waals surface area contributed by atoms with Crippen LogP contribution in [0.2, 0.25) is 0 Å². The third-order valence-electron chi connectivity index (χ3n) is 3.37. The van der Waals surface area contributed by atoms with Crippen LogP contribution in [0.3, 0.4) is 0 Å². The molecule has 1 saturated heterocycles. The zero-order valence-electron chi connectivity index (χ0n) is 10.9. The normalized spacial score (nSPS) is 15.7. The Bertz CT molecular complexity index is 568. The maximum Gasteiger partial charge on any atom is 0.265 e. The van der Waals surface area contributed by atoms with Gasteiger partial charge < -0.3 is 4.90 Å². The third-order valence-corrected chi connectivity index (χ3v) is 5.55. The van der Waals surface area contributed by atoms with Crippen molar-refractivity contribution in [2.75, 3.05) is 13.1 Å². The van der Waals surface area contributed by atoms with Gasteiger partial charge in [0.2, 0.25) is 0 Å². The minimum absolute atomic E-state index is 0.164. The Balaban J connectivity index is 1.86. The van der Waals surface area contributed by atoms with E-state index < -0.39 is 0 Å². The first-order chi connectivity index (χ1) is 9.25. The molecular formula is C14H16N2OS2. The SMILES string of the molecule is Cc1nc(-c2cccs2)sc1C(=O)N1CCCCC1. The summed E-state index contributed by atoms with van der Waals surface area (Å²) in [6.07, 6.45) is 3.49. The van der Waals surface area contributed by atoms with Crippen LogP contribution < -0.4 is 0 Å². The lowest BCUT2D eigenvalue weighted by Gasteiger charge is -2.26. The molecule has 2 aromatic rings. The molecule has 1 aliphatic heterocycles. The van der Waals surface area contributed by atoms with Crippen LogP contribution in [0, 0.1) is 6.92 Å². The molecule has 19 heavy (non-hydrogen) atoms. The van der Waals surface area contributed by atoms with Gasteiger partial charge in [-0.1, -0.05) is 6.07 Å².